The molecule has 1 aromatic rings. The molecule has 90 valence electrons. The van der Waals surface area contributed by atoms with Crippen LogP contribution in [0.5, 0.6) is 0 Å². The van der Waals surface area contributed by atoms with E-state index in [4.69, 9.17) is 18.0 Å². The number of rotatable bonds is 5. The number of nitrogens with two attached hydrogens (primary N) is 1. The molecule has 0 aliphatic carbocycles. The van der Waals surface area contributed by atoms with Gasteiger partial charge in [-0.3, -0.25) is 10.00 Å². The van der Waals surface area contributed by atoms with Gasteiger partial charge in [-0.05, 0) is 39.3 Å². The molecular weight excluding hydrogens is 246 g/mol. The molecule has 0 spiro atoms. The molecule has 8 heteroatoms. The third kappa shape index (κ3) is 3.87. The minimum atomic E-state index is -0.503. The van der Waals surface area contributed by atoms with Crippen LogP contribution in [0.15, 0.2) is 0 Å². The van der Waals surface area contributed by atoms with E-state index in [2.05, 4.69) is 10.2 Å². The number of carbonyl (C=O) groups is 1. The number of hydrogen-bond donors (Lipinski definition) is 2. The number of nitrogens with one attached hydrogen (secondary N) is 1. The summed E-state index contributed by atoms with van der Waals surface area (Å²) in [4.78, 5) is 14.7. The highest BCUT2D eigenvalue weighted by Crippen LogP contribution is 2.17. The van der Waals surface area contributed by atoms with Crippen molar-refractivity contribution in [3.8, 4) is 0 Å². The molecule has 6 nitrogen and oxygen atoms in total. The lowest BCUT2D eigenvalue weighted by Crippen LogP contribution is -2.37. The Balaban J connectivity index is 2.62. The smallest absolute Gasteiger partial charge is 0.321 e. The van der Waals surface area contributed by atoms with Crippen LogP contribution < -0.4 is 10.6 Å². The first-order valence-corrected chi connectivity index (χ1v) is 6.00. The Labute approximate surface area is 103 Å². The van der Waals surface area contributed by atoms with Gasteiger partial charge in [-0.15, -0.1) is 5.10 Å². The molecule has 2 amide bonds. The average Bonchev–Trinajstić information content (AvgIpc) is 2.58. The number of amides is 2. The number of carbonyl (C=O) groups excluding carboxylic acids is 1. The van der Waals surface area contributed by atoms with E-state index in [-0.39, 0.29) is 0 Å². The number of anilines is 1. The van der Waals surface area contributed by atoms with Crippen LogP contribution >= 0.6 is 23.6 Å². The van der Waals surface area contributed by atoms with Crippen molar-refractivity contribution in [2.24, 2.45) is 5.73 Å². The molecule has 3 N–H and O–H groups in total. The Morgan fingerprint density at radius 1 is 1.56 bits per heavy atom. The Hall–Kier alpha value is -0.990. The Kier molecular flexibility index (Phi) is 4.84. The molecule has 0 aliphatic heterocycles. The fourth-order valence-electron chi connectivity index (χ4n) is 1.18. The van der Waals surface area contributed by atoms with Crippen LogP contribution in [-0.2, 0) is 0 Å². The number of H-pyrrole nitrogens is 1. The normalized spacial score (nSPS) is 10.7. The van der Waals surface area contributed by atoms with Gasteiger partial charge in [0.15, 0.2) is 3.95 Å². The van der Waals surface area contributed by atoms with Gasteiger partial charge < -0.3 is 10.6 Å². The van der Waals surface area contributed by atoms with Crippen LogP contribution in [-0.4, -0.2) is 48.3 Å². The topological polar surface area (TPSA) is 78.2 Å². The second-order valence-electron chi connectivity index (χ2n) is 3.54. The van der Waals surface area contributed by atoms with Crippen LogP contribution in [0.3, 0.4) is 0 Å². The van der Waals surface area contributed by atoms with Crippen LogP contribution in [0.25, 0.3) is 0 Å². The van der Waals surface area contributed by atoms with Crippen molar-refractivity contribution in [2.45, 2.75) is 6.42 Å². The van der Waals surface area contributed by atoms with Crippen molar-refractivity contribution < 1.29 is 4.79 Å². The lowest BCUT2D eigenvalue weighted by molar-refractivity contribution is 0.253. The standard InChI is InChI=1S/C8H15N5OS2/c1-12(2)4-3-5-13(6(9)14)7-10-11-8(15)16-7/h3-5H2,1-2H3,(H2,9,14)(H,11,15). The van der Waals surface area contributed by atoms with E-state index in [9.17, 15) is 4.79 Å². The van der Waals surface area contributed by atoms with Gasteiger partial charge >= 0.3 is 6.03 Å². The SMILES string of the molecule is CN(C)CCCN(C(N)=O)c1n[nH]c(=S)s1. The second kappa shape index (κ2) is 5.92. The third-order valence-corrected chi connectivity index (χ3v) is 3.02. The maximum Gasteiger partial charge on any atom is 0.321 e. The molecule has 1 heterocycles. The molecule has 0 aliphatic rings. The highest BCUT2D eigenvalue weighted by Gasteiger charge is 2.15. The Bertz CT molecular complexity index is 399. The summed E-state index contributed by atoms with van der Waals surface area (Å²) in [7, 11) is 3.96. The maximum absolute atomic E-state index is 11.2. The van der Waals surface area contributed by atoms with Gasteiger partial charge in [0.2, 0.25) is 5.13 Å². The zero-order valence-corrected chi connectivity index (χ0v) is 10.9. The Morgan fingerprint density at radius 2 is 2.25 bits per heavy atom. The first-order chi connectivity index (χ1) is 7.50. The number of primary amides is 1. The van der Waals surface area contributed by atoms with Crippen molar-refractivity contribution in [2.75, 3.05) is 32.1 Å². The zero-order chi connectivity index (χ0) is 12.1. The molecule has 0 atom stereocenters. The van der Waals surface area contributed by atoms with E-state index in [1.165, 1.54) is 16.2 Å². The molecule has 0 radical (unpaired) electrons. The molecule has 1 rings (SSSR count). The molecular formula is C8H15N5OS2. The fourth-order valence-corrected chi connectivity index (χ4v) is 2.09. The predicted molar refractivity (Wildman–Crippen MR) is 67.4 cm³/mol. The largest absolute Gasteiger partial charge is 0.351 e. The second-order valence-corrected chi connectivity index (χ2v) is 5.19. The van der Waals surface area contributed by atoms with E-state index in [0.29, 0.717) is 15.6 Å². The first kappa shape index (κ1) is 13.1. The van der Waals surface area contributed by atoms with E-state index in [0.717, 1.165) is 13.0 Å². The molecule has 16 heavy (non-hydrogen) atoms. The fraction of sp³-hybridized carbons (Fsp3) is 0.625. The van der Waals surface area contributed by atoms with Gasteiger partial charge in [-0.2, -0.15) is 0 Å². The van der Waals surface area contributed by atoms with E-state index in [1.54, 1.807) is 0 Å². The summed E-state index contributed by atoms with van der Waals surface area (Å²) in [6.07, 6.45) is 0.836. The minimum absolute atomic E-state index is 0.503. The summed E-state index contributed by atoms with van der Waals surface area (Å²) in [5, 5.41) is 7.09. The first-order valence-electron chi connectivity index (χ1n) is 4.78. The van der Waals surface area contributed by atoms with Crippen molar-refractivity contribution in [1.29, 1.82) is 0 Å². The maximum atomic E-state index is 11.2. The molecule has 0 saturated heterocycles. The molecule has 0 aromatic carbocycles. The molecule has 0 saturated carbocycles. The lowest BCUT2D eigenvalue weighted by atomic mass is 10.4. The minimum Gasteiger partial charge on any atom is -0.351 e. The summed E-state index contributed by atoms with van der Waals surface area (Å²) in [5.74, 6) is 0. The van der Waals surface area contributed by atoms with E-state index in [1.807, 2.05) is 19.0 Å². The quantitative estimate of drug-likeness (QED) is 0.776. The zero-order valence-electron chi connectivity index (χ0n) is 9.27. The highest BCUT2D eigenvalue weighted by molar-refractivity contribution is 7.73. The summed E-state index contributed by atoms with van der Waals surface area (Å²) >= 11 is 6.15. The van der Waals surface area contributed by atoms with Gasteiger partial charge in [0.25, 0.3) is 0 Å². The summed E-state index contributed by atoms with van der Waals surface area (Å²) in [6, 6.07) is -0.503. The average molecular weight is 261 g/mol. The van der Waals surface area contributed by atoms with Crippen molar-refractivity contribution in [3.63, 3.8) is 0 Å². The van der Waals surface area contributed by atoms with E-state index >= 15 is 0 Å². The van der Waals surface area contributed by atoms with Crippen LogP contribution in [0.1, 0.15) is 6.42 Å². The van der Waals surface area contributed by atoms with Gasteiger partial charge in [-0.25, -0.2) is 4.79 Å². The molecule has 0 bridgehead atoms. The predicted octanol–water partition coefficient (Wildman–Crippen LogP) is 1.04. The number of nitrogens with zero attached hydrogens (tertiary/aromatic N) is 3. The molecule has 0 unspecified atom stereocenters. The number of hydrogen-bond acceptors (Lipinski definition) is 5. The van der Waals surface area contributed by atoms with Crippen LogP contribution in [0.2, 0.25) is 0 Å². The van der Waals surface area contributed by atoms with E-state index < -0.39 is 6.03 Å². The summed E-state index contributed by atoms with van der Waals surface area (Å²) in [5.41, 5.74) is 5.29. The summed E-state index contributed by atoms with van der Waals surface area (Å²) in [6.45, 7) is 1.43. The van der Waals surface area contributed by atoms with Crippen LogP contribution in [0, 0.1) is 3.95 Å². The molecule has 1 aromatic heterocycles. The number of aromatic amines is 1. The van der Waals surface area contributed by atoms with Gasteiger partial charge in [0.1, 0.15) is 0 Å². The third-order valence-electron chi connectivity index (χ3n) is 1.91. The van der Waals surface area contributed by atoms with Crippen molar-refractivity contribution in [1.82, 2.24) is 15.1 Å². The molecule has 0 fully saturated rings. The Morgan fingerprint density at radius 3 is 2.69 bits per heavy atom. The summed E-state index contributed by atoms with van der Waals surface area (Å²) < 4.78 is 0.536. The number of urea groups is 1. The van der Waals surface area contributed by atoms with Crippen molar-refractivity contribution in [3.05, 3.63) is 3.95 Å². The number of aromatic nitrogens is 2. The van der Waals surface area contributed by atoms with Crippen molar-refractivity contribution >= 4 is 34.7 Å². The van der Waals surface area contributed by atoms with Crippen LogP contribution in [0.4, 0.5) is 9.93 Å². The lowest BCUT2D eigenvalue weighted by Gasteiger charge is -2.17. The highest BCUT2D eigenvalue weighted by atomic mass is 32.1. The van der Waals surface area contributed by atoms with Gasteiger partial charge in [-0.1, -0.05) is 11.3 Å². The van der Waals surface area contributed by atoms with Gasteiger partial charge in [0.05, 0.1) is 0 Å². The monoisotopic (exact) mass is 261 g/mol. The van der Waals surface area contributed by atoms with Gasteiger partial charge in [0, 0.05) is 6.54 Å².